The zero-order chi connectivity index (χ0) is 19.7. The highest BCUT2D eigenvalue weighted by molar-refractivity contribution is 6.89. The first-order chi connectivity index (χ1) is 12.6. The summed E-state index contributed by atoms with van der Waals surface area (Å²) in [5, 5.41) is 6.64. The van der Waals surface area contributed by atoms with Crippen LogP contribution in [0.15, 0.2) is 72.8 Å². The number of anilines is 2. The number of benzene rings is 3. The van der Waals surface area contributed by atoms with Gasteiger partial charge in [0, 0.05) is 16.9 Å². The molecule has 0 saturated carbocycles. The van der Waals surface area contributed by atoms with Crippen molar-refractivity contribution in [3.63, 3.8) is 0 Å². The summed E-state index contributed by atoms with van der Waals surface area (Å²) < 4.78 is 0. The third-order valence-corrected chi connectivity index (χ3v) is 9.11. The van der Waals surface area contributed by atoms with Crippen LogP contribution in [0.5, 0.6) is 0 Å². The fraction of sp³-hybridized carbons (Fsp3) is 0.250. The first-order valence-electron chi connectivity index (χ1n) is 9.72. The third-order valence-electron chi connectivity index (χ3n) is 5.00. The predicted molar refractivity (Wildman–Crippen MR) is 128 cm³/mol. The van der Waals surface area contributed by atoms with Gasteiger partial charge in [-0.1, -0.05) is 104 Å². The Morgan fingerprint density at radius 3 is 1.70 bits per heavy atom. The Kier molecular flexibility index (Phi) is 5.45. The summed E-state index contributed by atoms with van der Waals surface area (Å²) in [6.07, 6.45) is 0. The monoisotopic (exact) mass is 389 g/mol. The summed E-state index contributed by atoms with van der Waals surface area (Å²) in [6.45, 7) is 14.4. The van der Waals surface area contributed by atoms with Gasteiger partial charge in [0.2, 0.25) is 0 Å². The van der Waals surface area contributed by atoms with Gasteiger partial charge in [0.25, 0.3) is 0 Å². The molecule has 140 valence electrons. The summed E-state index contributed by atoms with van der Waals surface area (Å²) in [6, 6.07) is 26.6. The van der Waals surface area contributed by atoms with Gasteiger partial charge in [-0.2, -0.15) is 0 Å². The Labute approximate surface area is 166 Å². The molecule has 0 fully saturated rings. The van der Waals surface area contributed by atoms with Gasteiger partial charge in [-0.25, -0.2) is 0 Å². The van der Waals surface area contributed by atoms with Crippen LogP contribution in [0, 0.1) is 0 Å². The molecular formula is C24H31NSi2. The van der Waals surface area contributed by atoms with Crippen molar-refractivity contribution >= 4 is 37.9 Å². The molecule has 0 aliphatic rings. The average molecular weight is 390 g/mol. The second-order valence-electron chi connectivity index (χ2n) is 9.33. The topological polar surface area (TPSA) is 12.0 Å². The van der Waals surface area contributed by atoms with E-state index < -0.39 is 16.1 Å². The van der Waals surface area contributed by atoms with E-state index in [-0.39, 0.29) is 0 Å². The Morgan fingerprint density at radius 1 is 0.593 bits per heavy atom. The molecule has 0 unspecified atom stereocenters. The maximum atomic E-state index is 3.66. The molecule has 0 radical (unpaired) electrons. The first kappa shape index (κ1) is 19.6. The molecule has 0 heterocycles. The fourth-order valence-electron chi connectivity index (χ4n) is 3.19. The Morgan fingerprint density at radius 2 is 1.15 bits per heavy atom. The zero-order valence-corrected chi connectivity index (χ0v) is 19.4. The molecule has 0 atom stereocenters. The van der Waals surface area contributed by atoms with E-state index in [0.29, 0.717) is 0 Å². The third kappa shape index (κ3) is 4.79. The summed E-state index contributed by atoms with van der Waals surface area (Å²) in [7, 11) is -2.63. The molecule has 0 aliphatic carbocycles. The molecule has 0 bridgehead atoms. The van der Waals surface area contributed by atoms with E-state index >= 15 is 0 Å². The second kappa shape index (κ2) is 7.49. The lowest BCUT2D eigenvalue weighted by atomic mass is 10.0. The van der Waals surface area contributed by atoms with Crippen LogP contribution >= 0.6 is 0 Å². The lowest BCUT2D eigenvalue weighted by Crippen LogP contribution is -2.37. The lowest BCUT2D eigenvalue weighted by molar-refractivity contribution is 1.54. The van der Waals surface area contributed by atoms with Crippen LogP contribution < -0.4 is 15.7 Å². The van der Waals surface area contributed by atoms with Crippen molar-refractivity contribution in [1.29, 1.82) is 0 Å². The second-order valence-corrected chi connectivity index (χ2v) is 19.5. The highest BCUT2D eigenvalue weighted by atomic mass is 28.3. The van der Waals surface area contributed by atoms with E-state index in [1.807, 2.05) is 0 Å². The first-order valence-corrected chi connectivity index (χ1v) is 16.7. The van der Waals surface area contributed by atoms with E-state index in [0.717, 1.165) is 5.69 Å². The number of nitrogens with one attached hydrogen (secondary N) is 1. The molecule has 3 rings (SSSR count). The molecule has 0 aromatic heterocycles. The zero-order valence-electron chi connectivity index (χ0n) is 17.4. The molecule has 3 heteroatoms. The molecule has 27 heavy (non-hydrogen) atoms. The summed E-state index contributed by atoms with van der Waals surface area (Å²) >= 11 is 0. The van der Waals surface area contributed by atoms with Crippen molar-refractivity contribution in [2.45, 2.75) is 39.3 Å². The molecule has 0 amide bonds. The minimum absolute atomic E-state index is 1.15. The molecule has 3 aromatic rings. The maximum absolute atomic E-state index is 3.66. The molecule has 0 spiro atoms. The van der Waals surface area contributed by atoms with Crippen molar-refractivity contribution in [2.75, 3.05) is 5.32 Å². The SMILES string of the molecule is C[Si](C)(C)c1ccc(Nc2ccc([Si](C)(C)C)cc2-c2ccccc2)cc1. The molecule has 1 nitrogen and oxygen atoms in total. The minimum atomic E-state index is -1.36. The van der Waals surface area contributed by atoms with E-state index in [2.05, 4.69) is 117 Å². The van der Waals surface area contributed by atoms with Gasteiger partial charge in [-0.3, -0.25) is 0 Å². The van der Waals surface area contributed by atoms with Crippen LogP contribution in [0.3, 0.4) is 0 Å². The smallest absolute Gasteiger partial charge is 0.0776 e. The predicted octanol–water partition coefficient (Wildman–Crippen LogP) is 6.19. The van der Waals surface area contributed by atoms with Gasteiger partial charge in [-0.05, 0) is 23.8 Å². The molecule has 0 saturated heterocycles. The van der Waals surface area contributed by atoms with Crippen molar-refractivity contribution in [3.05, 3.63) is 72.8 Å². The van der Waals surface area contributed by atoms with Crippen molar-refractivity contribution in [1.82, 2.24) is 0 Å². The van der Waals surface area contributed by atoms with E-state index in [9.17, 15) is 0 Å². The lowest BCUT2D eigenvalue weighted by Gasteiger charge is -2.21. The van der Waals surface area contributed by atoms with Crippen LogP contribution in [-0.2, 0) is 0 Å². The Bertz CT molecular complexity index is 902. The van der Waals surface area contributed by atoms with Gasteiger partial charge in [-0.15, -0.1) is 0 Å². The highest BCUT2D eigenvalue weighted by Gasteiger charge is 2.19. The molecule has 3 aromatic carbocycles. The standard InChI is InChI=1S/C24H31NSi2/c1-26(2,3)21-14-12-20(13-15-21)25-24-17-16-22(27(4,5)6)18-23(24)19-10-8-7-9-11-19/h7-18,25H,1-6H3. The number of hydrogen-bond acceptors (Lipinski definition) is 1. The van der Waals surface area contributed by atoms with Crippen LogP contribution in [0.25, 0.3) is 11.1 Å². The molecule has 1 N–H and O–H groups in total. The fourth-order valence-corrected chi connectivity index (χ4v) is 5.51. The van der Waals surface area contributed by atoms with Crippen LogP contribution in [0.1, 0.15) is 0 Å². The van der Waals surface area contributed by atoms with Gasteiger partial charge in [0.1, 0.15) is 0 Å². The summed E-state index contributed by atoms with van der Waals surface area (Å²) in [4.78, 5) is 0. The Hall–Kier alpha value is -2.11. The van der Waals surface area contributed by atoms with Crippen LogP contribution in [-0.4, -0.2) is 16.1 Å². The number of rotatable bonds is 5. The van der Waals surface area contributed by atoms with Gasteiger partial charge < -0.3 is 5.32 Å². The van der Waals surface area contributed by atoms with E-state index in [4.69, 9.17) is 0 Å². The quantitative estimate of drug-likeness (QED) is 0.513. The normalized spacial score (nSPS) is 12.1. The highest BCUT2D eigenvalue weighted by Crippen LogP contribution is 2.30. The van der Waals surface area contributed by atoms with Crippen molar-refractivity contribution in [2.24, 2.45) is 0 Å². The van der Waals surface area contributed by atoms with E-state index in [1.165, 1.54) is 27.2 Å². The van der Waals surface area contributed by atoms with Crippen LogP contribution in [0.4, 0.5) is 11.4 Å². The van der Waals surface area contributed by atoms with Gasteiger partial charge in [0.05, 0.1) is 16.1 Å². The van der Waals surface area contributed by atoms with Crippen molar-refractivity contribution < 1.29 is 0 Å². The number of hydrogen-bond donors (Lipinski definition) is 1. The van der Waals surface area contributed by atoms with Gasteiger partial charge in [0.15, 0.2) is 0 Å². The molecular weight excluding hydrogens is 358 g/mol. The largest absolute Gasteiger partial charge is 0.355 e. The van der Waals surface area contributed by atoms with Crippen molar-refractivity contribution in [3.8, 4) is 11.1 Å². The minimum Gasteiger partial charge on any atom is -0.355 e. The maximum Gasteiger partial charge on any atom is 0.0776 e. The summed E-state index contributed by atoms with van der Waals surface area (Å²) in [5.74, 6) is 0. The molecule has 0 aliphatic heterocycles. The van der Waals surface area contributed by atoms with Crippen LogP contribution in [0.2, 0.25) is 39.3 Å². The average Bonchev–Trinajstić information content (AvgIpc) is 2.61. The summed E-state index contributed by atoms with van der Waals surface area (Å²) in [5.41, 5.74) is 4.86. The van der Waals surface area contributed by atoms with E-state index in [1.54, 1.807) is 0 Å². The van der Waals surface area contributed by atoms with Gasteiger partial charge >= 0.3 is 0 Å². The Balaban J connectivity index is 2.00.